The lowest BCUT2D eigenvalue weighted by molar-refractivity contribution is -0.438. The van der Waals surface area contributed by atoms with E-state index in [0.717, 1.165) is 0 Å². The summed E-state index contributed by atoms with van der Waals surface area (Å²) in [4.78, 5) is 12.3. The molecular formula is C42H58N2O16S3-2. The summed E-state index contributed by atoms with van der Waals surface area (Å²) in [6, 6.07) is 8.22. The van der Waals surface area contributed by atoms with Crippen LogP contribution in [0.5, 0.6) is 0 Å². The van der Waals surface area contributed by atoms with Crippen molar-refractivity contribution in [2.75, 3.05) is 90.8 Å². The van der Waals surface area contributed by atoms with Gasteiger partial charge >= 0.3 is 5.97 Å². The van der Waals surface area contributed by atoms with Crippen molar-refractivity contribution in [1.82, 2.24) is 0 Å². The fraction of sp³-hybridized carbons (Fsp3) is 0.571. The molecule has 0 bridgehead atoms. The highest BCUT2D eigenvalue weighted by Gasteiger charge is 2.48. The second-order valence-corrected chi connectivity index (χ2v) is 20.0. The second kappa shape index (κ2) is 23.0. The summed E-state index contributed by atoms with van der Waals surface area (Å²) in [6.45, 7) is 7.09. The van der Waals surface area contributed by atoms with Crippen molar-refractivity contribution >= 4 is 53.4 Å². The van der Waals surface area contributed by atoms with Crippen LogP contribution >= 0.6 is 0 Å². The summed E-state index contributed by atoms with van der Waals surface area (Å²) >= 11 is 0. The van der Waals surface area contributed by atoms with Crippen LogP contribution in [-0.4, -0.2) is 146 Å². The molecule has 0 spiro atoms. The molecular weight excluding hydrogens is 885 g/mol. The van der Waals surface area contributed by atoms with E-state index < -0.39 is 62.7 Å². The van der Waals surface area contributed by atoms with Crippen molar-refractivity contribution in [1.29, 1.82) is 0 Å². The fourth-order valence-corrected chi connectivity index (χ4v) is 9.57. The van der Waals surface area contributed by atoms with Gasteiger partial charge in [0.25, 0.3) is 0 Å². The molecule has 2 aromatic rings. The summed E-state index contributed by atoms with van der Waals surface area (Å²) < 4.78 is 138. The molecule has 0 saturated heterocycles. The molecule has 0 amide bonds. The Balaban J connectivity index is 1.79. The molecule has 2 aromatic carbocycles. The quantitative estimate of drug-likeness (QED) is 0.0691. The smallest absolute Gasteiger partial charge is 0.303 e. The molecule has 2 aliphatic heterocycles. The van der Waals surface area contributed by atoms with Crippen molar-refractivity contribution in [2.24, 2.45) is 0 Å². The lowest BCUT2D eigenvalue weighted by Crippen LogP contribution is -2.33. The monoisotopic (exact) mass is 942 g/mol. The van der Waals surface area contributed by atoms with Gasteiger partial charge in [0, 0.05) is 80.5 Å². The van der Waals surface area contributed by atoms with E-state index in [2.05, 4.69) is 0 Å². The topological polar surface area (TPSA) is 261 Å². The third kappa shape index (κ3) is 14.2. The minimum absolute atomic E-state index is 0.0281. The predicted octanol–water partition coefficient (Wildman–Crippen LogP) is 3.77. The Hall–Kier alpha value is -3.61. The Morgan fingerprint density at radius 3 is 1.90 bits per heavy atom. The van der Waals surface area contributed by atoms with E-state index in [-0.39, 0.29) is 39.1 Å². The van der Waals surface area contributed by atoms with Crippen molar-refractivity contribution in [3.05, 3.63) is 71.5 Å². The van der Waals surface area contributed by atoms with Crippen LogP contribution in [0.15, 0.2) is 70.1 Å². The molecule has 63 heavy (non-hydrogen) atoms. The van der Waals surface area contributed by atoms with Crippen LogP contribution in [-0.2, 0) is 69.7 Å². The highest BCUT2D eigenvalue weighted by atomic mass is 32.2. The second-order valence-electron chi connectivity index (χ2n) is 15.7. The Labute approximate surface area is 370 Å². The van der Waals surface area contributed by atoms with E-state index in [0.29, 0.717) is 106 Å². The highest BCUT2D eigenvalue weighted by molar-refractivity contribution is 7.86. The van der Waals surface area contributed by atoms with Crippen molar-refractivity contribution in [2.45, 2.75) is 79.4 Å². The number of allylic oxidation sites excluding steroid dienone is 4. The predicted molar refractivity (Wildman–Crippen MR) is 229 cm³/mol. The van der Waals surface area contributed by atoms with E-state index in [1.165, 1.54) is 30.3 Å². The Bertz CT molecular complexity index is 2330. The van der Waals surface area contributed by atoms with Gasteiger partial charge in [-0.3, -0.25) is 4.79 Å². The fourth-order valence-electron chi connectivity index (χ4n) is 8.08. The largest absolute Gasteiger partial charge is 0.748 e. The van der Waals surface area contributed by atoms with Gasteiger partial charge in [0.15, 0.2) is 5.71 Å². The van der Waals surface area contributed by atoms with E-state index in [4.69, 9.17) is 23.7 Å². The standard InChI is InChI=1S/C42H60N2O16S3/c1-41(17-9-29-61(47,48)49)34-30-32(62(50,51)52)13-15-36(34)43(19-7-5-6-12-40(45)46)38(41)10-8-11-39-42(2,18-21-58-25-26-60-28-27-59-24-23-57-4)35-31-33(63(53,54)55)14-16-37(35)44(39)20-22-56-3/h8,10-11,13-16,30-31H,5-7,9,12,17-29H2,1-4H3,(H3-,45,46,47,48,49,50,51,52,53,54,55)/p-2. The third-order valence-electron chi connectivity index (χ3n) is 11.3. The third-order valence-corrected chi connectivity index (χ3v) is 13.7. The van der Waals surface area contributed by atoms with Gasteiger partial charge in [0.2, 0.25) is 5.69 Å². The molecule has 2 heterocycles. The Morgan fingerprint density at radius 2 is 1.32 bits per heavy atom. The van der Waals surface area contributed by atoms with Crippen LogP contribution in [0.1, 0.15) is 69.9 Å². The van der Waals surface area contributed by atoms with Crippen LogP contribution in [0.25, 0.3) is 0 Å². The minimum atomic E-state index is -4.91. The van der Waals surface area contributed by atoms with Crippen molar-refractivity contribution in [3.63, 3.8) is 0 Å². The lowest BCUT2D eigenvalue weighted by atomic mass is 9.75. The molecule has 0 radical (unpaired) electrons. The van der Waals surface area contributed by atoms with Crippen molar-refractivity contribution < 1.29 is 77.1 Å². The Kier molecular flexibility index (Phi) is 19.0. The van der Waals surface area contributed by atoms with Gasteiger partial charge < -0.3 is 47.3 Å². The zero-order valence-electron chi connectivity index (χ0n) is 36.1. The number of hydrogen-bond acceptors (Lipinski definition) is 16. The maximum Gasteiger partial charge on any atom is 0.303 e. The number of carbonyl (C=O) groups is 1. The summed E-state index contributed by atoms with van der Waals surface area (Å²) in [7, 11) is -11.2. The molecule has 21 heteroatoms. The molecule has 1 N–H and O–H groups in total. The summed E-state index contributed by atoms with van der Waals surface area (Å²) in [6.07, 6.45) is 7.17. The molecule has 4 rings (SSSR count). The number of anilines is 1. The number of rotatable bonds is 29. The molecule has 2 atom stereocenters. The van der Waals surface area contributed by atoms with Gasteiger partial charge in [-0.2, -0.15) is 4.58 Å². The molecule has 0 aliphatic carbocycles. The number of ether oxygens (including phenoxy) is 5. The summed E-state index contributed by atoms with van der Waals surface area (Å²) in [5.74, 6) is -1.61. The number of nitrogens with zero attached hydrogens (tertiary/aromatic N) is 2. The number of aliphatic carboxylic acids is 1. The first-order valence-electron chi connectivity index (χ1n) is 20.6. The highest BCUT2D eigenvalue weighted by Crippen LogP contribution is 2.51. The van der Waals surface area contributed by atoms with Crippen LogP contribution < -0.4 is 4.90 Å². The van der Waals surface area contributed by atoms with Crippen LogP contribution in [0.2, 0.25) is 0 Å². The summed E-state index contributed by atoms with van der Waals surface area (Å²) in [5.41, 5.74) is 1.48. The number of unbranched alkanes of at least 4 members (excludes halogenated alkanes) is 2. The molecule has 18 nitrogen and oxygen atoms in total. The lowest BCUT2D eigenvalue weighted by Gasteiger charge is -2.30. The van der Waals surface area contributed by atoms with Crippen LogP contribution in [0.3, 0.4) is 0 Å². The van der Waals surface area contributed by atoms with Gasteiger partial charge in [-0.25, -0.2) is 25.3 Å². The Morgan fingerprint density at radius 1 is 0.730 bits per heavy atom. The van der Waals surface area contributed by atoms with Crippen LogP contribution in [0, 0.1) is 0 Å². The van der Waals surface area contributed by atoms with E-state index in [1.807, 2.05) is 22.5 Å². The number of methoxy groups -OCH3 is 2. The average molecular weight is 943 g/mol. The number of carboxylic acid groups (broad SMARTS) is 1. The molecule has 2 unspecified atom stereocenters. The summed E-state index contributed by atoms with van der Waals surface area (Å²) in [5, 5.41) is 9.18. The van der Waals surface area contributed by atoms with E-state index in [1.54, 1.807) is 39.4 Å². The molecule has 0 saturated carbocycles. The van der Waals surface area contributed by atoms with E-state index >= 15 is 0 Å². The van der Waals surface area contributed by atoms with E-state index in [9.17, 15) is 48.8 Å². The molecule has 352 valence electrons. The first kappa shape index (κ1) is 52.0. The van der Waals surface area contributed by atoms with Gasteiger partial charge in [0.1, 0.15) is 26.8 Å². The zero-order chi connectivity index (χ0) is 46.5. The zero-order valence-corrected chi connectivity index (χ0v) is 38.6. The number of fused-ring (bicyclic) bond motifs is 2. The number of hydrogen-bond donors (Lipinski definition) is 1. The van der Waals surface area contributed by atoms with Gasteiger partial charge in [0.05, 0.1) is 71.6 Å². The molecule has 0 fully saturated rings. The first-order chi connectivity index (χ1) is 29.7. The average Bonchev–Trinajstić information content (AvgIpc) is 3.57. The number of carboxylic acids is 1. The maximum atomic E-state index is 12.3. The SMILES string of the molecule is COCCOCCOCCOCCC1(C)/C(=C\C=C\C2=[N+](CCCCCC(=O)O)c3ccc(S(=O)(=O)[O-])cc3C2(C)CCCS(=O)(=O)[O-])N(CCOC)c2ccc(S(=O)(=O)[O-])cc21. The molecule has 2 aliphatic rings. The maximum absolute atomic E-state index is 12.3. The van der Waals surface area contributed by atoms with Gasteiger partial charge in [-0.15, -0.1) is 0 Å². The molecule has 0 aromatic heterocycles. The van der Waals surface area contributed by atoms with Crippen LogP contribution in [0.4, 0.5) is 11.4 Å². The number of benzene rings is 2. The first-order valence-corrected chi connectivity index (χ1v) is 25.0. The van der Waals surface area contributed by atoms with Gasteiger partial charge in [-0.05, 0) is 87.9 Å². The van der Waals surface area contributed by atoms with Gasteiger partial charge in [-0.1, -0.05) is 6.08 Å². The minimum Gasteiger partial charge on any atom is -0.748 e. The van der Waals surface area contributed by atoms with Crippen molar-refractivity contribution in [3.8, 4) is 0 Å². The normalized spacial score (nSPS) is 19.7.